The number of carbonyl (C=O) groups excluding carboxylic acids is 1. The molecule has 0 spiro atoms. The molecule has 0 bridgehead atoms. The Kier molecular flexibility index (Phi) is 4.81. The number of halogens is 1. The normalized spacial score (nSPS) is 10.2. The van der Waals surface area contributed by atoms with Gasteiger partial charge in [-0.3, -0.25) is 0 Å². The molecule has 1 aromatic heterocycles. The number of carbonyl (C=O) groups is 1. The van der Waals surface area contributed by atoms with Crippen LogP contribution in [0.2, 0.25) is 0 Å². The van der Waals surface area contributed by atoms with Crippen molar-refractivity contribution in [3.8, 4) is 6.07 Å². The quantitative estimate of drug-likeness (QED) is 0.669. The first-order valence-corrected chi connectivity index (χ1v) is 7.43. The fraction of sp³-hybridized carbons (Fsp3) is 0.111. The summed E-state index contributed by atoms with van der Waals surface area (Å²) in [5, 5.41) is 12.8. The molecule has 0 saturated carbocycles. The Bertz CT molecular complexity index is 915. The van der Waals surface area contributed by atoms with Crippen molar-refractivity contribution in [3.05, 3.63) is 83.2 Å². The fourth-order valence-electron chi connectivity index (χ4n) is 2.23. The molecule has 7 heteroatoms. The van der Waals surface area contributed by atoms with Gasteiger partial charge in [0.15, 0.2) is 0 Å². The van der Waals surface area contributed by atoms with Gasteiger partial charge in [0.05, 0.1) is 23.7 Å². The molecular formula is C18H13FN4O2. The SMILES string of the molecule is N#Cc1ccc(F)c(COC(=O)c2ccc(Cn3cncn3)cc2)c1. The number of benzene rings is 2. The van der Waals surface area contributed by atoms with Crippen LogP contribution in [0.5, 0.6) is 0 Å². The molecule has 1 heterocycles. The summed E-state index contributed by atoms with van der Waals surface area (Å²) >= 11 is 0. The second-order valence-electron chi connectivity index (χ2n) is 5.28. The van der Waals surface area contributed by atoms with E-state index in [1.807, 2.05) is 6.07 Å². The second-order valence-corrected chi connectivity index (χ2v) is 5.28. The van der Waals surface area contributed by atoms with Crippen LogP contribution in [0.3, 0.4) is 0 Å². The molecular weight excluding hydrogens is 323 g/mol. The van der Waals surface area contributed by atoms with Gasteiger partial charge in [0.1, 0.15) is 25.1 Å². The highest BCUT2D eigenvalue weighted by Gasteiger charge is 2.10. The van der Waals surface area contributed by atoms with Gasteiger partial charge in [-0.05, 0) is 35.9 Å². The van der Waals surface area contributed by atoms with Gasteiger partial charge in [0.25, 0.3) is 0 Å². The van der Waals surface area contributed by atoms with Crippen molar-refractivity contribution in [2.24, 2.45) is 0 Å². The Labute approximate surface area is 143 Å². The molecule has 0 atom stereocenters. The molecule has 0 unspecified atom stereocenters. The van der Waals surface area contributed by atoms with E-state index in [0.29, 0.717) is 17.7 Å². The molecule has 124 valence electrons. The smallest absolute Gasteiger partial charge is 0.338 e. The molecule has 6 nitrogen and oxygen atoms in total. The summed E-state index contributed by atoms with van der Waals surface area (Å²) in [6, 6.07) is 12.7. The zero-order valence-electron chi connectivity index (χ0n) is 13.1. The number of nitriles is 1. The van der Waals surface area contributed by atoms with Crippen molar-refractivity contribution < 1.29 is 13.9 Å². The standard InChI is InChI=1S/C18H13FN4O2/c19-17-6-3-14(8-20)7-16(17)10-25-18(24)15-4-1-13(2-5-15)9-23-12-21-11-22-23/h1-7,11-12H,9-10H2. The van der Waals surface area contributed by atoms with Gasteiger partial charge in [-0.25, -0.2) is 18.9 Å². The largest absolute Gasteiger partial charge is 0.457 e. The molecule has 0 radical (unpaired) electrons. The third-order valence-electron chi connectivity index (χ3n) is 3.53. The van der Waals surface area contributed by atoms with Crippen LogP contribution in [0.25, 0.3) is 0 Å². The molecule has 0 N–H and O–H groups in total. The predicted molar refractivity (Wildman–Crippen MR) is 85.8 cm³/mol. The highest BCUT2D eigenvalue weighted by Crippen LogP contribution is 2.13. The first-order chi connectivity index (χ1) is 12.2. The average molecular weight is 336 g/mol. The van der Waals surface area contributed by atoms with Crippen molar-refractivity contribution in [1.29, 1.82) is 5.26 Å². The topological polar surface area (TPSA) is 80.8 Å². The van der Waals surface area contributed by atoms with E-state index in [9.17, 15) is 9.18 Å². The minimum atomic E-state index is -0.561. The molecule has 0 aliphatic heterocycles. The second kappa shape index (κ2) is 7.36. The van der Waals surface area contributed by atoms with Gasteiger partial charge >= 0.3 is 5.97 Å². The van der Waals surface area contributed by atoms with E-state index in [0.717, 1.165) is 5.56 Å². The summed E-state index contributed by atoms with van der Waals surface area (Å²) in [7, 11) is 0. The van der Waals surface area contributed by atoms with Crippen LogP contribution in [-0.2, 0) is 17.9 Å². The van der Waals surface area contributed by atoms with Crippen LogP contribution in [0, 0.1) is 17.1 Å². The zero-order chi connectivity index (χ0) is 17.6. The van der Waals surface area contributed by atoms with Crippen LogP contribution >= 0.6 is 0 Å². The van der Waals surface area contributed by atoms with Crippen molar-refractivity contribution >= 4 is 5.97 Å². The Balaban J connectivity index is 1.62. The molecule has 0 aliphatic rings. The summed E-state index contributed by atoms with van der Waals surface area (Å²) in [6.07, 6.45) is 3.05. The maximum Gasteiger partial charge on any atom is 0.338 e. The van der Waals surface area contributed by atoms with E-state index in [-0.39, 0.29) is 12.2 Å². The van der Waals surface area contributed by atoms with E-state index in [4.69, 9.17) is 10.00 Å². The lowest BCUT2D eigenvalue weighted by atomic mass is 10.1. The highest BCUT2D eigenvalue weighted by molar-refractivity contribution is 5.89. The number of hydrogen-bond donors (Lipinski definition) is 0. The third kappa shape index (κ3) is 4.06. The number of aromatic nitrogens is 3. The third-order valence-corrected chi connectivity index (χ3v) is 3.53. The first kappa shape index (κ1) is 16.3. The number of nitrogens with zero attached hydrogens (tertiary/aromatic N) is 4. The molecule has 0 aliphatic carbocycles. The van der Waals surface area contributed by atoms with Gasteiger partial charge < -0.3 is 4.74 Å². The molecule has 3 rings (SSSR count). The van der Waals surface area contributed by atoms with Gasteiger partial charge in [-0.2, -0.15) is 10.4 Å². The van der Waals surface area contributed by atoms with Gasteiger partial charge in [0.2, 0.25) is 0 Å². The van der Waals surface area contributed by atoms with Crippen LogP contribution in [-0.4, -0.2) is 20.7 Å². The molecule has 3 aromatic rings. The summed E-state index contributed by atoms with van der Waals surface area (Å²) in [5.74, 6) is -1.08. The van der Waals surface area contributed by atoms with Gasteiger partial charge in [-0.1, -0.05) is 12.1 Å². The minimum absolute atomic E-state index is 0.162. The maximum atomic E-state index is 13.7. The van der Waals surface area contributed by atoms with Crippen LogP contribution in [0.15, 0.2) is 55.1 Å². The number of esters is 1. The Hall–Kier alpha value is -3.53. The molecule has 0 amide bonds. The minimum Gasteiger partial charge on any atom is -0.457 e. The Morgan fingerprint density at radius 1 is 1.24 bits per heavy atom. The molecule has 0 saturated heterocycles. The molecule has 2 aromatic carbocycles. The van der Waals surface area contributed by atoms with Crippen LogP contribution in [0.1, 0.15) is 27.0 Å². The number of rotatable bonds is 5. The highest BCUT2D eigenvalue weighted by atomic mass is 19.1. The lowest BCUT2D eigenvalue weighted by Crippen LogP contribution is -2.07. The summed E-state index contributed by atoms with van der Waals surface area (Å²) < 4.78 is 20.5. The van der Waals surface area contributed by atoms with Crippen LogP contribution in [0.4, 0.5) is 4.39 Å². The number of ether oxygens (including phenoxy) is 1. The number of hydrogen-bond acceptors (Lipinski definition) is 5. The maximum absolute atomic E-state index is 13.7. The van der Waals surface area contributed by atoms with Gasteiger partial charge in [0, 0.05) is 5.56 Å². The van der Waals surface area contributed by atoms with Gasteiger partial charge in [-0.15, -0.1) is 0 Å². The van der Waals surface area contributed by atoms with Crippen molar-refractivity contribution in [2.45, 2.75) is 13.2 Å². The van der Waals surface area contributed by atoms with E-state index < -0.39 is 11.8 Å². The summed E-state index contributed by atoms with van der Waals surface area (Å²) in [5.41, 5.74) is 1.79. The van der Waals surface area contributed by atoms with E-state index in [2.05, 4.69) is 10.1 Å². The van der Waals surface area contributed by atoms with Crippen molar-refractivity contribution in [1.82, 2.24) is 14.8 Å². The lowest BCUT2D eigenvalue weighted by Gasteiger charge is -2.07. The van der Waals surface area contributed by atoms with Crippen LogP contribution < -0.4 is 0 Å². The predicted octanol–water partition coefficient (Wildman–Crippen LogP) is 2.69. The Morgan fingerprint density at radius 3 is 2.72 bits per heavy atom. The monoisotopic (exact) mass is 336 g/mol. The zero-order valence-corrected chi connectivity index (χ0v) is 13.1. The first-order valence-electron chi connectivity index (χ1n) is 7.43. The van der Waals surface area contributed by atoms with E-state index in [1.54, 1.807) is 35.3 Å². The van der Waals surface area contributed by atoms with Crippen molar-refractivity contribution in [2.75, 3.05) is 0 Å². The van der Waals surface area contributed by atoms with E-state index in [1.165, 1.54) is 24.5 Å². The fourth-order valence-corrected chi connectivity index (χ4v) is 2.23. The van der Waals surface area contributed by atoms with E-state index >= 15 is 0 Å². The Morgan fingerprint density at radius 2 is 2.04 bits per heavy atom. The molecule has 0 fully saturated rings. The molecule has 25 heavy (non-hydrogen) atoms. The average Bonchev–Trinajstić information content (AvgIpc) is 3.14. The lowest BCUT2D eigenvalue weighted by molar-refractivity contribution is 0.0469. The summed E-state index contributed by atoms with van der Waals surface area (Å²) in [4.78, 5) is 15.9. The van der Waals surface area contributed by atoms with Crippen molar-refractivity contribution in [3.63, 3.8) is 0 Å². The summed E-state index contributed by atoms with van der Waals surface area (Å²) in [6.45, 7) is 0.308.